The molecular weight excluding hydrogens is 318 g/mol. The lowest BCUT2D eigenvalue weighted by Crippen LogP contribution is -2.26. The summed E-state index contributed by atoms with van der Waals surface area (Å²) < 4.78 is 12.7. The molecule has 1 saturated heterocycles. The van der Waals surface area contributed by atoms with Crippen molar-refractivity contribution in [1.82, 2.24) is 14.6 Å². The first-order chi connectivity index (χ1) is 12.3. The van der Waals surface area contributed by atoms with E-state index in [2.05, 4.69) is 20.4 Å². The number of hydrogen-bond donors (Lipinski definition) is 1. The van der Waals surface area contributed by atoms with Gasteiger partial charge in [-0.05, 0) is 18.6 Å². The molecule has 1 aliphatic heterocycles. The van der Waals surface area contributed by atoms with Gasteiger partial charge in [0.15, 0.2) is 5.65 Å². The number of nitrogens with zero attached hydrogens (tertiary/aromatic N) is 4. The Hall–Kier alpha value is -2.96. The summed E-state index contributed by atoms with van der Waals surface area (Å²) in [6, 6.07) is 12.3. The van der Waals surface area contributed by atoms with Crippen LogP contribution in [0.4, 0.5) is 11.5 Å². The van der Waals surface area contributed by atoms with Crippen molar-refractivity contribution < 1.29 is 9.47 Å². The van der Waals surface area contributed by atoms with Crippen LogP contribution in [0.5, 0.6) is 11.5 Å². The number of fused-ring (bicyclic) bond motifs is 1. The third-order valence-electron chi connectivity index (χ3n) is 4.57. The zero-order valence-electron chi connectivity index (χ0n) is 14.3. The maximum atomic E-state index is 5.38. The molecule has 1 aliphatic rings. The van der Waals surface area contributed by atoms with Gasteiger partial charge in [0.2, 0.25) is 0 Å². The fourth-order valence-electron chi connectivity index (χ4n) is 3.26. The molecule has 2 aromatic heterocycles. The summed E-state index contributed by atoms with van der Waals surface area (Å²) in [5.41, 5.74) is 1.96. The average Bonchev–Trinajstić information content (AvgIpc) is 3.31. The minimum absolute atomic E-state index is 0.352. The predicted octanol–water partition coefficient (Wildman–Crippen LogP) is 2.44. The second kappa shape index (κ2) is 6.51. The van der Waals surface area contributed by atoms with Crippen molar-refractivity contribution in [1.29, 1.82) is 0 Å². The van der Waals surface area contributed by atoms with Gasteiger partial charge in [-0.15, -0.1) is 10.2 Å². The summed E-state index contributed by atoms with van der Waals surface area (Å²) in [5, 5.41) is 11.7. The number of nitrogens with one attached hydrogen (secondary N) is 1. The van der Waals surface area contributed by atoms with Crippen LogP contribution < -0.4 is 19.7 Å². The van der Waals surface area contributed by atoms with E-state index in [1.165, 1.54) is 0 Å². The zero-order valence-corrected chi connectivity index (χ0v) is 14.3. The predicted molar refractivity (Wildman–Crippen MR) is 96.8 cm³/mol. The summed E-state index contributed by atoms with van der Waals surface area (Å²) in [7, 11) is 3.35. The van der Waals surface area contributed by atoms with Gasteiger partial charge >= 0.3 is 0 Å². The summed E-state index contributed by atoms with van der Waals surface area (Å²) in [4.78, 5) is 2.34. The Morgan fingerprint density at radius 3 is 2.68 bits per heavy atom. The van der Waals surface area contributed by atoms with Crippen molar-refractivity contribution in [3.05, 3.63) is 42.7 Å². The first-order valence-corrected chi connectivity index (χ1v) is 8.30. The minimum atomic E-state index is 0.352. The molecule has 7 heteroatoms. The number of pyridine rings is 1. The molecule has 0 saturated carbocycles. The van der Waals surface area contributed by atoms with Gasteiger partial charge in [-0.3, -0.25) is 4.40 Å². The standard InChI is InChI=1S/C18H21N5O2/c1-24-15-8-14(9-16(10-15)25-2)22-7-6-13(11-22)20-17-4-3-5-18-21-19-12-23(17)18/h3-5,8-10,12-13,20H,6-7,11H2,1-2H3. The van der Waals surface area contributed by atoms with Crippen LogP contribution in [0, 0.1) is 0 Å². The monoisotopic (exact) mass is 339 g/mol. The van der Waals surface area contributed by atoms with Gasteiger partial charge in [0.25, 0.3) is 0 Å². The van der Waals surface area contributed by atoms with Crippen molar-refractivity contribution in [3.8, 4) is 11.5 Å². The third-order valence-corrected chi connectivity index (χ3v) is 4.57. The molecule has 0 bridgehead atoms. The van der Waals surface area contributed by atoms with E-state index >= 15 is 0 Å². The molecule has 0 spiro atoms. The van der Waals surface area contributed by atoms with E-state index in [0.29, 0.717) is 6.04 Å². The van der Waals surface area contributed by atoms with Crippen LogP contribution in [0.2, 0.25) is 0 Å². The number of anilines is 2. The third kappa shape index (κ3) is 3.05. The van der Waals surface area contributed by atoms with E-state index in [4.69, 9.17) is 9.47 Å². The highest BCUT2D eigenvalue weighted by molar-refractivity contribution is 5.57. The number of rotatable bonds is 5. The molecule has 3 heterocycles. The summed E-state index contributed by atoms with van der Waals surface area (Å²) in [5.74, 6) is 2.62. The fourth-order valence-corrected chi connectivity index (χ4v) is 3.26. The molecule has 7 nitrogen and oxygen atoms in total. The molecule has 1 N–H and O–H groups in total. The molecule has 25 heavy (non-hydrogen) atoms. The number of hydrogen-bond acceptors (Lipinski definition) is 6. The molecule has 1 atom stereocenters. The molecule has 0 amide bonds. The Kier molecular flexibility index (Phi) is 4.05. The Balaban J connectivity index is 1.51. The van der Waals surface area contributed by atoms with Gasteiger partial charge in [0, 0.05) is 43.0 Å². The van der Waals surface area contributed by atoms with E-state index in [1.54, 1.807) is 20.5 Å². The lowest BCUT2D eigenvalue weighted by atomic mass is 10.2. The van der Waals surface area contributed by atoms with Gasteiger partial charge in [0.05, 0.1) is 14.2 Å². The molecule has 130 valence electrons. The van der Waals surface area contributed by atoms with Crippen LogP contribution in [-0.2, 0) is 0 Å². The van der Waals surface area contributed by atoms with Crippen LogP contribution in [0.3, 0.4) is 0 Å². The summed E-state index contributed by atoms with van der Waals surface area (Å²) in [6.07, 6.45) is 2.79. The molecule has 3 aromatic rings. The fraction of sp³-hybridized carbons (Fsp3) is 0.333. The van der Waals surface area contributed by atoms with Crippen LogP contribution in [0.25, 0.3) is 5.65 Å². The van der Waals surface area contributed by atoms with Crippen LogP contribution in [0.1, 0.15) is 6.42 Å². The van der Waals surface area contributed by atoms with Crippen molar-refractivity contribution in [2.45, 2.75) is 12.5 Å². The molecule has 1 fully saturated rings. The summed E-state index contributed by atoms with van der Waals surface area (Å²) in [6.45, 7) is 1.89. The largest absolute Gasteiger partial charge is 0.497 e. The molecule has 4 rings (SSSR count). The second-order valence-electron chi connectivity index (χ2n) is 6.12. The topological polar surface area (TPSA) is 63.9 Å². The summed E-state index contributed by atoms with van der Waals surface area (Å²) >= 11 is 0. The van der Waals surface area contributed by atoms with E-state index in [0.717, 1.165) is 48.2 Å². The van der Waals surface area contributed by atoms with Crippen molar-refractivity contribution in [2.24, 2.45) is 0 Å². The molecule has 0 aliphatic carbocycles. The van der Waals surface area contributed by atoms with Crippen LogP contribution in [0.15, 0.2) is 42.7 Å². The smallest absolute Gasteiger partial charge is 0.162 e. The van der Waals surface area contributed by atoms with E-state index < -0.39 is 0 Å². The average molecular weight is 339 g/mol. The van der Waals surface area contributed by atoms with E-state index in [1.807, 2.05) is 40.8 Å². The highest BCUT2D eigenvalue weighted by Gasteiger charge is 2.24. The van der Waals surface area contributed by atoms with Gasteiger partial charge < -0.3 is 19.7 Å². The SMILES string of the molecule is COc1cc(OC)cc(N2CCC(Nc3cccc4nncn34)C2)c1. The van der Waals surface area contributed by atoms with Crippen molar-refractivity contribution in [2.75, 3.05) is 37.5 Å². The van der Waals surface area contributed by atoms with Gasteiger partial charge in [0.1, 0.15) is 23.6 Å². The Bertz CT molecular complexity index is 857. The van der Waals surface area contributed by atoms with Gasteiger partial charge in [-0.2, -0.15) is 0 Å². The highest BCUT2D eigenvalue weighted by Crippen LogP contribution is 2.31. The first kappa shape index (κ1) is 15.6. The maximum absolute atomic E-state index is 5.38. The van der Waals surface area contributed by atoms with Crippen molar-refractivity contribution >= 4 is 17.2 Å². The van der Waals surface area contributed by atoms with Crippen molar-refractivity contribution in [3.63, 3.8) is 0 Å². The molecule has 1 aromatic carbocycles. The second-order valence-corrected chi connectivity index (χ2v) is 6.12. The van der Waals surface area contributed by atoms with Crippen LogP contribution >= 0.6 is 0 Å². The lowest BCUT2D eigenvalue weighted by molar-refractivity contribution is 0.394. The molecular formula is C18H21N5O2. The molecule has 1 unspecified atom stereocenters. The normalized spacial score (nSPS) is 17.0. The van der Waals surface area contributed by atoms with E-state index in [-0.39, 0.29) is 0 Å². The van der Waals surface area contributed by atoms with Crippen LogP contribution in [-0.4, -0.2) is 47.9 Å². The Morgan fingerprint density at radius 2 is 1.92 bits per heavy atom. The molecule has 0 radical (unpaired) electrons. The highest BCUT2D eigenvalue weighted by atomic mass is 16.5. The van der Waals surface area contributed by atoms with Gasteiger partial charge in [-0.25, -0.2) is 0 Å². The quantitative estimate of drug-likeness (QED) is 0.770. The Labute approximate surface area is 146 Å². The number of benzene rings is 1. The Morgan fingerprint density at radius 1 is 1.12 bits per heavy atom. The zero-order chi connectivity index (χ0) is 17.2. The van der Waals surface area contributed by atoms with Gasteiger partial charge in [-0.1, -0.05) is 6.07 Å². The van der Waals surface area contributed by atoms with E-state index in [9.17, 15) is 0 Å². The maximum Gasteiger partial charge on any atom is 0.162 e. The lowest BCUT2D eigenvalue weighted by Gasteiger charge is -2.21. The minimum Gasteiger partial charge on any atom is -0.497 e. The first-order valence-electron chi connectivity index (χ1n) is 8.30. The number of ether oxygens (including phenoxy) is 2. The number of aromatic nitrogens is 3. The number of methoxy groups -OCH3 is 2.